The molecule has 1 aromatic carbocycles. The molecule has 0 fully saturated rings. The lowest BCUT2D eigenvalue weighted by atomic mass is 10.2. The first-order valence-corrected chi connectivity index (χ1v) is 8.15. The van der Waals surface area contributed by atoms with Crippen LogP contribution in [0.5, 0.6) is 0 Å². The van der Waals surface area contributed by atoms with E-state index in [2.05, 4.69) is 20.3 Å². The monoisotopic (exact) mass is 328 g/mol. The molecular formula is C16H16N4O2S. The Labute approximate surface area is 137 Å². The van der Waals surface area contributed by atoms with E-state index >= 15 is 0 Å². The van der Waals surface area contributed by atoms with Crippen LogP contribution in [0, 0.1) is 0 Å². The van der Waals surface area contributed by atoms with Crippen LogP contribution in [0.3, 0.4) is 0 Å². The van der Waals surface area contributed by atoms with Gasteiger partial charge in [0, 0.05) is 18.4 Å². The standard InChI is InChI=1S/C16H16N4O2S/c1-2-22-16(21)13-9-18-14(23-13)7-8-17-15-11-5-3-4-6-12(11)19-10-20-15/h3-6,9-10H,2,7-8H2,1H3,(H,17,19,20). The molecule has 3 rings (SSSR count). The molecule has 0 aliphatic heterocycles. The number of hydrogen-bond donors (Lipinski definition) is 1. The smallest absolute Gasteiger partial charge is 0.349 e. The van der Waals surface area contributed by atoms with Crippen molar-refractivity contribution in [3.8, 4) is 0 Å². The highest BCUT2D eigenvalue weighted by Crippen LogP contribution is 2.19. The van der Waals surface area contributed by atoms with Gasteiger partial charge < -0.3 is 10.1 Å². The Kier molecular flexibility index (Phi) is 4.77. The first-order valence-electron chi connectivity index (χ1n) is 7.33. The number of nitrogens with one attached hydrogen (secondary N) is 1. The maximum Gasteiger partial charge on any atom is 0.349 e. The molecule has 0 bridgehead atoms. The Balaban J connectivity index is 1.62. The predicted molar refractivity (Wildman–Crippen MR) is 89.8 cm³/mol. The van der Waals surface area contributed by atoms with Gasteiger partial charge in [-0.3, -0.25) is 0 Å². The quantitative estimate of drug-likeness (QED) is 0.701. The number of fused-ring (bicyclic) bond motifs is 1. The van der Waals surface area contributed by atoms with Crippen LogP contribution in [0.1, 0.15) is 21.6 Å². The van der Waals surface area contributed by atoms with Crippen molar-refractivity contribution in [2.75, 3.05) is 18.5 Å². The summed E-state index contributed by atoms with van der Waals surface area (Å²) in [5.41, 5.74) is 0.906. The number of carbonyl (C=O) groups excluding carboxylic acids is 1. The predicted octanol–water partition coefficient (Wildman–Crippen LogP) is 2.92. The number of carbonyl (C=O) groups is 1. The summed E-state index contributed by atoms with van der Waals surface area (Å²) in [4.78, 5) is 24.9. The summed E-state index contributed by atoms with van der Waals surface area (Å²) in [7, 11) is 0. The third-order valence-electron chi connectivity index (χ3n) is 3.20. The fraction of sp³-hybridized carbons (Fsp3) is 0.250. The van der Waals surface area contributed by atoms with Crippen molar-refractivity contribution in [2.24, 2.45) is 0 Å². The average Bonchev–Trinajstić information content (AvgIpc) is 3.04. The summed E-state index contributed by atoms with van der Waals surface area (Å²) in [6.07, 6.45) is 3.83. The zero-order chi connectivity index (χ0) is 16.1. The van der Waals surface area contributed by atoms with Crippen molar-refractivity contribution in [2.45, 2.75) is 13.3 Å². The van der Waals surface area contributed by atoms with Crippen LogP contribution in [0.2, 0.25) is 0 Å². The number of anilines is 1. The van der Waals surface area contributed by atoms with Crippen molar-refractivity contribution in [3.63, 3.8) is 0 Å². The van der Waals surface area contributed by atoms with Gasteiger partial charge in [0.05, 0.1) is 23.3 Å². The van der Waals surface area contributed by atoms with Gasteiger partial charge in [-0.15, -0.1) is 11.3 Å². The van der Waals surface area contributed by atoms with Crippen LogP contribution in [0.25, 0.3) is 10.9 Å². The molecule has 0 atom stereocenters. The molecule has 2 aromatic heterocycles. The second kappa shape index (κ2) is 7.15. The lowest BCUT2D eigenvalue weighted by molar-refractivity contribution is 0.0532. The molecule has 0 unspecified atom stereocenters. The SMILES string of the molecule is CCOC(=O)c1cnc(CCNc2ncnc3ccccc23)s1. The van der Waals surface area contributed by atoms with Gasteiger partial charge in [0.1, 0.15) is 17.0 Å². The van der Waals surface area contributed by atoms with Crippen LogP contribution in [0.15, 0.2) is 36.8 Å². The largest absolute Gasteiger partial charge is 0.462 e. The Hall–Kier alpha value is -2.54. The van der Waals surface area contributed by atoms with Crippen LogP contribution in [-0.2, 0) is 11.2 Å². The van der Waals surface area contributed by atoms with E-state index in [0.29, 0.717) is 24.4 Å². The Morgan fingerprint density at radius 2 is 2.13 bits per heavy atom. The molecule has 0 amide bonds. The number of para-hydroxylation sites is 1. The Morgan fingerprint density at radius 1 is 1.26 bits per heavy atom. The molecule has 0 saturated carbocycles. The van der Waals surface area contributed by atoms with Gasteiger partial charge in [-0.05, 0) is 19.1 Å². The van der Waals surface area contributed by atoms with E-state index < -0.39 is 0 Å². The summed E-state index contributed by atoms with van der Waals surface area (Å²) < 4.78 is 4.96. The van der Waals surface area contributed by atoms with E-state index in [0.717, 1.165) is 21.7 Å². The highest BCUT2D eigenvalue weighted by molar-refractivity contribution is 7.13. The van der Waals surface area contributed by atoms with Gasteiger partial charge in [-0.25, -0.2) is 19.7 Å². The molecule has 0 spiro atoms. The summed E-state index contributed by atoms with van der Waals surface area (Å²) >= 11 is 1.36. The molecule has 0 aliphatic rings. The summed E-state index contributed by atoms with van der Waals surface area (Å²) in [6, 6.07) is 7.85. The zero-order valence-electron chi connectivity index (χ0n) is 12.7. The molecule has 0 radical (unpaired) electrons. The number of benzene rings is 1. The second-order valence-corrected chi connectivity index (χ2v) is 5.87. The molecule has 2 heterocycles. The van der Waals surface area contributed by atoms with Crippen LogP contribution < -0.4 is 5.32 Å². The minimum Gasteiger partial charge on any atom is -0.462 e. The van der Waals surface area contributed by atoms with Gasteiger partial charge in [-0.2, -0.15) is 0 Å². The molecule has 0 aliphatic carbocycles. The Morgan fingerprint density at radius 3 is 3.00 bits per heavy atom. The lowest BCUT2D eigenvalue weighted by Gasteiger charge is -2.06. The molecule has 1 N–H and O–H groups in total. The normalized spacial score (nSPS) is 10.7. The first-order chi connectivity index (χ1) is 11.3. The van der Waals surface area contributed by atoms with Crippen molar-refractivity contribution < 1.29 is 9.53 Å². The van der Waals surface area contributed by atoms with E-state index in [1.54, 1.807) is 19.4 Å². The third-order valence-corrected chi connectivity index (χ3v) is 4.24. The topological polar surface area (TPSA) is 77.0 Å². The van der Waals surface area contributed by atoms with Crippen LogP contribution in [0.4, 0.5) is 5.82 Å². The molecule has 23 heavy (non-hydrogen) atoms. The van der Waals surface area contributed by atoms with Crippen molar-refractivity contribution in [1.29, 1.82) is 0 Å². The summed E-state index contributed by atoms with van der Waals surface area (Å²) in [5.74, 6) is 0.490. The van der Waals surface area contributed by atoms with Gasteiger partial charge in [-0.1, -0.05) is 12.1 Å². The number of rotatable bonds is 6. The van der Waals surface area contributed by atoms with Gasteiger partial charge in [0.25, 0.3) is 0 Å². The molecule has 0 saturated heterocycles. The second-order valence-electron chi connectivity index (χ2n) is 4.75. The minimum absolute atomic E-state index is 0.314. The van der Waals surface area contributed by atoms with Gasteiger partial charge >= 0.3 is 5.97 Å². The fourth-order valence-electron chi connectivity index (χ4n) is 2.16. The Bertz CT molecular complexity index is 813. The molecule has 3 aromatic rings. The number of aromatic nitrogens is 3. The first kappa shape index (κ1) is 15.4. The van der Waals surface area contributed by atoms with Crippen molar-refractivity contribution >= 4 is 34.0 Å². The van der Waals surface area contributed by atoms with Crippen molar-refractivity contribution in [1.82, 2.24) is 15.0 Å². The van der Waals surface area contributed by atoms with E-state index in [1.807, 2.05) is 24.3 Å². The average molecular weight is 328 g/mol. The van der Waals surface area contributed by atoms with Crippen LogP contribution >= 0.6 is 11.3 Å². The van der Waals surface area contributed by atoms with E-state index in [4.69, 9.17) is 4.74 Å². The van der Waals surface area contributed by atoms with E-state index in [1.165, 1.54) is 11.3 Å². The number of esters is 1. The summed E-state index contributed by atoms with van der Waals surface area (Å²) in [5, 5.41) is 5.17. The number of thiazole rings is 1. The summed E-state index contributed by atoms with van der Waals surface area (Å²) in [6.45, 7) is 2.83. The number of hydrogen-bond acceptors (Lipinski definition) is 7. The maximum atomic E-state index is 11.6. The molecule has 118 valence electrons. The molecular weight excluding hydrogens is 312 g/mol. The van der Waals surface area contributed by atoms with Gasteiger partial charge in [0.15, 0.2) is 0 Å². The van der Waals surface area contributed by atoms with Crippen molar-refractivity contribution in [3.05, 3.63) is 46.7 Å². The van der Waals surface area contributed by atoms with E-state index in [9.17, 15) is 4.79 Å². The highest BCUT2D eigenvalue weighted by atomic mass is 32.1. The maximum absolute atomic E-state index is 11.6. The van der Waals surface area contributed by atoms with Gasteiger partial charge in [0.2, 0.25) is 0 Å². The fourth-order valence-corrected chi connectivity index (χ4v) is 2.97. The molecule has 6 nitrogen and oxygen atoms in total. The number of nitrogens with zero attached hydrogens (tertiary/aromatic N) is 3. The molecule has 7 heteroatoms. The van der Waals surface area contributed by atoms with Crippen LogP contribution in [-0.4, -0.2) is 34.1 Å². The zero-order valence-corrected chi connectivity index (χ0v) is 13.5. The number of ether oxygens (including phenoxy) is 1. The third kappa shape index (κ3) is 3.62. The minimum atomic E-state index is -0.314. The lowest BCUT2D eigenvalue weighted by Crippen LogP contribution is -2.06. The highest BCUT2D eigenvalue weighted by Gasteiger charge is 2.11. The van der Waals surface area contributed by atoms with E-state index in [-0.39, 0.29) is 5.97 Å².